The molecule has 0 atom stereocenters. The van der Waals surface area contributed by atoms with Crippen molar-refractivity contribution in [3.8, 4) is 5.75 Å². The molecule has 2 aromatic rings. The van der Waals surface area contributed by atoms with Crippen LogP contribution in [0.1, 0.15) is 5.56 Å². The van der Waals surface area contributed by atoms with E-state index >= 15 is 0 Å². The highest BCUT2D eigenvalue weighted by atomic mass is 79.9. The number of carbonyl (C=O) groups is 1. The summed E-state index contributed by atoms with van der Waals surface area (Å²) < 4.78 is 6.17. The number of hydrogen-bond donors (Lipinski definition) is 2. The molecule has 5 heteroatoms. The zero-order valence-corrected chi connectivity index (χ0v) is 13.3. The van der Waals surface area contributed by atoms with Crippen LogP contribution in [0.2, 0.25) is 0 Å². The zero-order valence-electron chi connectivity index (χ0n) is 11.7. The van der Waals surface area contributed by atoms with Gasteiger partial charge in [-0.25, -0.2) is 4.79 Å². The van der Waals surface area contributed by atoms with Crippen molar-refractivity contribution < 1.29 is 9.53 Å². The van der Waals surface area contributed by atoms with Crippen LogP contribution >= 0.6 is 15.9 Å². The topological polar surface area (TPSA) is 50.4 Å². The fourth-order valence-corrected chi connectivity index (χ4v) is 2.37. The smallest absolute Gasteiger partial charge is 0.319 e. The van der Waals surface area contributed by atoms with Gasteiger partial charge in [-0.1, -0.05) is 40.2 Å². The van der Waals surface area contributed by atoms with Gasteiger partial charge in [0.25, 0.3) is 0 Å². The van der Waals surface area contributed by atoms with Gasteiger partial charge in [-0.05, 0) is 30.2 Å². The van der Waals surface area contributed by atoms with E-state index in [9.17, 15) is 4.79 Å². The van der Waals surface area contributed by atoms with Crippen LogP contribution in [0.15, 0.2) is 53.0 Å². The number of amides is 2. The molecule has 2 aromatic carbocycles. The first kappa shape index (κ1) is 15.4. The van der Waals surface area contributed by atoms with Crippen molar-refractivity contribution >= 4 is 27.6 Å². The van der Waals surface area contributed by atoms with E-state index in [1.54, 1.807) is 13.2 Å². The number of ether oxygens (including phenoxy) is 1. The second-order valence-electron chi connectivity index (χ2n) is 4.45. The lowest BCUT2D eigenvalue weighted by Gasteiger charge is -2.09. The average molecular weight is 349 g/mol. The van der Waals surface area contributed by atoms with Crippen LogP contribution in [-0.4, -0.2) is 19.7 Å². The van der Waals surface area contributed by atoms with Gasteiger partial charge in [0.05, 0.1) is 7.11 Å². The number of carbonyl (C=O) groups excluding carboxylic acids is 1. The molecule has 2 N–H and O–H groups in total. The maximum Gasteiger partial charge on any atom is 0.319 e. The van der Waals surface area contributed by atoms with Crippen LogP contribution in [0.25, 0.3) is 0 Å². The van der Waals surface area contributed by atoms with Gasteiger partial charge in [-0.2, -0.15) is 0 Å². The zero-order chi connectivity index (χ0) is 15.1. The maximum absolute atomic E-state index is 11.8. The van der Waals surface area contributed by atoms with Crippen LogP contribution in [0.5, 0.6) is 5.75 Å². The third-order valence-corrected chi connectivity index (χ3v) is 3.74. The standard InChI is InChI=1S/C16H17BrN2O2/c1-21-14-7-4-6-13(11-14)19-16(20)18-10-9-12-5-2-3-8-15(12)17/h2-8,11H,9-10H2,1H3,(H2,18,19,20). The molecule has 21 heavy (non-hydrogen) atoms. The molecule has 2 rings (SSSR count). The Morgan fingerprint density at radius 2 is 2.00 bits per heavy atom. The summed E-state index contributed by atoms with van der Waals surface area (Å²) in [6.45, 7) is 0.568. The van der Waals surface area contributed by atoms with Crippen molar-refractivity contribution in [3.63, 3.8) is 0 Å². The van der Waals surface area contributed by atoms with Gasteiger partial charge in [-0.15, -0.1) is 0 Å². The molecule has 0 bridgehead atoms. The number of methoxy groups -OCH3 is 1. The highest BCUT2D eigenvalue weighted by Gasteiger charge is 2.03. The lowest BCUT2D eigenvalue weighted by Crippen LogP contribution is -2.30. The molecule has 110 valence electrons. The Balaban J connectivity index is 1.81. The van der Waals surface area contributed by atoms with E-state index in [4.69, 9.17) is 4.74 Å². The number of urea groups is 1. The molecule has 0 aliphatic heterocycles. The van der Waals surface area contributed by atoms with Gasteiger partial charge in [0.2, 0.25) is 0 Å². The predicted molar refractivity (Wildman–Crippen MR) is 87.9 cm³/mol. The molecule has 0 saturated carbocycles. The Kier molecular flexibility index (Phi) is 5.63. The largest absolute Gasteiger partial charge is 0.497 e. The van der Waals surface area contributed by atoms with Gasteiger partial charge in [-0.3, -0.25) is 0 Å². The van der Waals surface area contributed by atoms with Crippen molar-refractivity contribution in [3.05, 3.63) is 58.6 Å². The highest BCUT2D eigenvalue weighted by molar-refractivity contribution is 9.10. The Morgan fingerprint density at radius 3 is 2.76 bits per heavy atom. The van der Waals surface area contributed by atoms with Gasteiger partial charge in [0, 0.05) is 22.8 Å². The lowest BCUT2D eigenvalue weighted by molar-refractivity contribution is 0.252. The second-order valence-corrected chi connectivity index (χ2v) is 5.31. The maximum atomic E-state index is 11.8. The lowest BCUT2D eigenvalue weighted by atomic mass is 10.1. The summed E-state index contributed by atoms with van der Waals surface area (Å²) in [7, 11) is 1.59. The third-order valence-electron chi connectivity index (χ3n) is 2.97. The molecule has 4 nitrogen and oxygen atoms in total. The molecule has 0 aromatic heterocycles. The van der Waals surface area contributed by atoms with E-state index in [1.807, 2.05) is 42.5 Å². The van der Waals surface area contributed by atoms with Crippen molar-refractivity contribution in [2.75, 3.05) is 19.0 Å². The van der Waals surface area contributed by atoms with Gasteiger partial charge in [0.1, 0.15) is 5.75 Å². The van der Waals surface area contributed by atoms with Gasteiger partial charge in [0.15, 0.2) is 0 Å². The summed E-state index contributed by atoms with van der Waals surface area (Å²) in [5, 5.41) is 5.61. The van der Waals surface area contributed by atoms with Crippen LogP contribution in [0.3, 0.4) is 0 Å². The van der Waals surface area contributed by atoms with Crippen molar-refractivity contribution in [1.82, 2.24) is 5.32 Å². The Labute approximate surface area is 132 Å². The molecule has 0 heterocycles. The number of anilines is 1. The van der Waals surface area contributed by atoms with Gasteiger partial charge < -0.3 is 15.4 Å². The normalized spacial score (nSPS) is 10.0. The molecule has 0 saturated heterocycles. The molecule has 0 spiro atoms. The molecular formula is C16H17BrN2O2. The Morgan fingerprint density at radius 1 is 1.19 bits per heavy atom. The van der Waals surface area contributed by atoms with Gasteiger partial charge >= 0.3 is 6.03 Å². The molecule has 0 fully saturated rings. The number of benzene rings is 2. The average Bonchev–Trinajstić information content (AvgIpc) is 2.49. The summed E-state index contributed by atoms with van der Waals surface area (Å²) in [6.07, 6.45) is 0.771. The molecular weight excluding hydrogens is 332 g/mol. The van der Waals surface area contributed by atoms with E-state index in [-0.39, 0.29) is 6.03 Å². The summed E-state index contributed by atoms with van der Waals surface area (Å²) in [5.74, 6) is 0.709. The Hall–Kier alpha value is -2.01. The molecule has 0 aliphatic rings. The number of hydrogen-bond acceptors (Lipinski definition) is 2. The van der Waals surface area contributed by atoms with Crippen molar-refractivity contribution in [2.45, 2.75) is 6.42 Å². The van der Waals surface area contributed by atoms with Crippen LogP contribution in [0.4, 0.5) is 10.5 Å². The fraction of sp³-hybridized carbons (Fsp3) is 0.188. The summed E-state index contributed by atoms with van der Waals surface area (Å²) in [4.78, 5) is 11.8. The predicted octanol–water partition coefficient (Wildman–Crippen LogP) is 3.82. The van der Waals surface area contributed by atoms with Crippen LogP contribution in [0, 0.1) is 0 Å². The summed E-state index contributed by atoms with van der Waals surface area (Å²) >= 11 is 3.49. The number of halogens is 1. The minimum Gasteiger partial charge on any atom is -0.497 e. The van der Waals surface area contributed by atoms with Crippen LogP contribution in [-0.2, 0) is 6.42 Å². The minimum absolute atomic E-state index is 0.227. The van der Waals surface area contributed by atoms with E-state index in [1.165, 1.54) is 5.56 Å². The summed E-state index contributed by atoms with van der Waals surface area (Å²) in [5.41, 5.74) is 1.87. The monoisotopic (exact) mass is 348 g/mol. The fourth-order valence-electron chi connectivity index (χ4n) is 1.89. The third kappa shape index (κ3) is 4.79. The van der Waals surface area contributed by atoms with Crippen molar-refractivity contribution in [1.29, 1.82) is 0 Å². The van der Waals surface area contributed by atoms with Crippen molar-refractivity contribution in [2.24, 2.45) is 0 Å². The van der Waals surface area contributed by atoms with Crippen LogP contribution < -0.4 is 15.4 Å². The highest BCUT2D eigenvalue weighted by Crippen LogP contribution is 2.17. The second kappa shape index (κ2) is 7.69. The molecule has 0 radical (unpaired) electrons. The Bertz CT molecular complexity index is 617. The first-order valence-corrected chi connectivity index (χ1v) is 7.40. The molecule has 2 amide bonds. The molecule has 0 aliphatic carbocycles. The van der Waals surface area contributed by atoms with E-state index in [0.29, 0.717) is 18.0 Å². The first-order valence-electron chi connectivity index (χ1n) is 6.61. The molecule has 0 unspecified atom stereocenters. The number of nitrogens with one attached hydrogen (secondary N) is 2. The SMILES string of the molecule is COc1cccc(NC(=O)NCCc2ccccc2Br)c1. The van der Waals surface area contributed by atoms with E-state index in [2.05, 4.69) is 26.6 Å². The van der Waals surface area contributed by atoms with E-state index in [0.717, 1.165) is 10.9 Å². The minimum atomic E-state index is -0.227. The first-order chi connectivity index (χ1) is 10.2. The number of rotatable bonds is 5. The summed E-state index contributed by atoms with van der Waals surface area (Å²) in [6, 6.07) is 15.0. The quantitative estimate of drug-likeness (QED) is 0.862. The van der Waals surface area contributed by atoms with E-state index < -0.39 is 0 Å².